The van der Waals surface area contributed by atoms with Gasteiger partial charge >= 0.3 is 11.9 Å². The third kappa shape index (κ3) is 5.93. The molecule has 1 aliphatic carbocycles. The number of carbonyl (C=O) groups is 2. The largest absolute Gasteiger partial charge is 0.480 e. The summed E-state index contributed by atoms with van der Waals surface area (Å²) in [6.45, 7) is 2.20. The van der Waals surface area contributed by atoms with Gasteiger partial charge in [0.25, 0.3) is 0 Å². The van der Waals surface area contributed by atoms with Crippen molar-refractivity contribution in [2.75, 3.05) is 6.54 Å². The second kappa shape index (κ2) is 9.10. The molecule has 0 amide bonds. The lowest BCUT2D eigenvalue weighted by molar-refractivity contribution is -0.163. The van der Waals surface area contributed by atoms with Crippen molar-refractivity contribution < 1.29 is 24.9 Å². The van der Waals surface area contributed by atoms with E-state index in [0.29, 0.717) is 12.5 Å². The number of hydrogen-bond donors (Lipinski definition) is 4. The van der Waals surface area contributed by atoms with E-state index in [1.165, 1.54) is 6.92 Å². The molecule has 0 saturated heterocycles. The highest BCUT2D eigenvalue weighted by atomic mass is 16.4. The number of aliphatic hydroxyl groups is 1. The third-order valence-electron chi connectivity index (χ3n) is 4.68. The lowest BCUT2D eigenvalue weighted by Gasteiger charge is -2.26. The lowest BCUT2D eigenvalue weighted by Crippen LogP contribution is -2.36. The summed E-state index contributed by atoms with van der Waals surface area (Å²) >= 11 is 0. The first-order valence-corrected chi connectivity index (χ1v) is 8.24. The lowest BCUT2D eigenvalue weighted by atomic mass is 9.85. The van der Waals surface area contributed by atoms with Crippen molar-refractivity contribution in [2.24, 2.45) is 5.41 Å². The quantitative estimate of drug-likeness (QED) is 0.363. The van der Waals surface area contributed by atoms with E-state index in [2.05, 4.69) is 5.32 Å². The molecule has 6 heteroatoms. The average Bonchev–Trinajstić information content (AvgIpc) is 2.47. The molecular weight excluding hydrogens is 286 g/mol. The highest BCUT2D eigenvalue weighted by Gasteiger charge is 2.40. The summed E-state index contributed by atoms with van der Waals surface area (Å²) in [5.41, 5.74) is -1.67. The summed E-state index contributed by atoms with van der Waals surface area (Å²) in [4.78, 5) is 22.0. The summed E-state index contributed by atoms with van der Waals surface area (Å²) in [5.74, 6) is -2.53. The Morgan fingerprint density at radius 2 is 1.55 bits per heavy atom. The van der Waals surface area contributed by atoms with Crippen molar-refractivity contribution >= 4 is 11.9 Å². The molecule has 0 aliphatic heterocycles. The fourth-order valence-electron chi connectivity index (χ4n) is 2.85. The van der Waals surface area contributed by atoms with E-state index in [1.807, 2.05) is 0 Å². The van der Waals surface area contributed by atoms with Crippen molar-refractivity contribution in [3.8, 4) is 0 Å². The Kier molecular flexibility index (Phi) is 7.82. The predicted octanol–water partition coefficient (Wildman–Crippen LogP) is 2.01. The SMILES string of the molecule is CC(CCCCCCNC1CCC(O)CC1)(C(=O)O)C(=O)O. The third-order valence-corrected chi connectivity index (χ3v) is 4.68. The van der Waals surface area contributed by atoms with E-state index in [-0.39, 0.29) is 12.5 Å². The molecule has 0 aromatic heterocycles. The number of carboxylic acid groups (broad SMARTS) is 2. The molecule has 1 aliphatic rings. The first-order valence-electron chi connectivity index (χ1n) is 8.24. The molecule has 0 spiro atoms. The van der Waals surface area contributed by atoms with Gasteiger partial charge in [0.05, 0.1) is 6.10 Å². The van der Waals surface area contributed by atoms with Gasteiger partial charge in [0.15, 0.2) is 5.41 Å². The van der Waals surface area contributed by atoms with Crippen LogP contribution in [-0.4, -0.2) is 45.9 Å². The van der Waals surface area contributed by atoms with Crippen LogP contribution < -0.4 is 5.32 Å². The Hall–Kier alpha value is -1.14. The highest BCUT2D eigenvalue weighted by molar-refractivity contribution is 5.97. The topological polar surface area (TPSA) is 107 Å². The molecule has 0 aromatic rings. The molecular formula is C16H29NO5. The van der Waals surface area contributed by atoms with Crippen molar-refractivity contribution in [1.29, 1.82) is 0 Å². The summed E-state index contributed by atoms with van der Waals surface area (Å²) in [7, 11) is 0. The van der Waals surface area contributed by atoms with Crippen LogP contribution in [0.3, 0.4) is 0 Å². The minimum Gasteiger partial charge on any atom is -0.480 e. The molecule has 128 valence electrons. The Morgan fingerprint density at radius 3 is 2.09 bits per heavy atom. The zero-order chi connectivity index (χ0) is 16.6. The van der Waals surface area contributed by atoms with Crippen molar-refractivity contribution in [3.05, 3.63) is 0 Å². The standard InChI is InChI=1S/C16H29NO5/c1-16(14(19)20,15(21)22)10-4-2-3-5-11-17-12-6-8-13(18)9-7-12/h12-13,17-18H,2-11H2,1H3,(H,19,20)(H,21,22). The molecule has 0 bridgehead atoms. The van der Waals surface area contributed by atoms with Crippen molar-refractivity contribution in [2.45, 2.75) is 76.9 Å². The Balaban J connectivity index is 2.06. The number of nitrogens with one attached hydrogen (secondary N) is 1. The first kappa shape index (κ1) is 18.9. The molecule has 0 atom stereocenters. The van der Waals surface area contributed by atoms with E-state index in [9.17, 15) is 14.7 Å². The van der Waals surface area contributed by atoms with Gasteiger partial charge in [-0.05, 0) is 52.0 Å². The molecule has 0 heterocycles. The van der Waals surface area contributed by atoms with Crippen LogP contribution in [0.5, 0.6) is 0 Å². The normalized spacial score (nSPS) is 22.5. The van der Waals surface area contributed by atoms with Gasteiger partial charge < -0.3 is 20.6 Å². The van der Waals surface area contributed by atoms with E-state index in [0.717, 1.165) is 51.5 Å². The predicted molar refractivity (Wildman–Crippen MR) is 82.7 cm³/mol. The second-order valence-corrected chi connectivity index (χ2v) is 6.57. The van der Waals surface area contributed by atoms with Gasteiger partial charge in [-0.25, -0.2) is 0 Å². The summed E-state index contributed by atoms with van der Waals surface area (Å²) in [5, 5.41) is 30.9. The monoisotopic (exact) mass is 315 g/mol. The van der Waals surface area contributed by atoms with Crippen LogP contribution in [0.15, 0.2) is 0 Å². The van der Waals surface area contributed by atoms with Gasteiger partial charge in [-0.2, -0.15) is 0 Å². The maximum absolute atomic E-state index is 11.0. The van der Waals surface area contributed by atoms with Gasteiger partial charge in [0.2, 0.25) is 0 Å². The first-order chi connectivity index (χ1) is 10.4. The summed E-state index contributed by atoms with van der Waals surface area (Å²) < 4.78 is 0. The number of aliphatic hydroxyl groups excluding tert-OH is 1. The zero-order valence-electron chi connectivity index (χ0n) is 13.4. The average molecular weight is 315 g/mol. The van der Waals surface area contributed by atoms with Crippen LogP contribution in [0.25, 0.3) is 0 Å². The minimum atomic E-state index is -1.67. The molecule has 1 rings (SSSR count). The van der Waals surface area contributed by atoms with Crippen LogP contribution >= 0.6 is 0 Å². The smallest absolute Gasteiger partial charge is 0.320 e. The summed E-state index contributed by atoms with van der Waals surface area (Å²) in [6.07, 6.45) is 7.29. The number of rotatable bonds is 10. The number of unbranched alkanes of at least 4 members (excludes halogenated alkanes) is 3. The summed E-state index contributed by atoms with van der Waals surface area (Å²) in [6, 6.07) is 0.505. The molecule has 1 fully saturated rings. The maximum Gasteiger partial charge on any atom is 0.320 e. The van der Waals surface area contributed by atoms with Crippen LogP contribution in [0, 0.1) is 5.41 Å². The second-order valence-electron chi connectivity index (χ2n) is 6.57. The molecule has 1 saturated carbocycles. The van der Waals surface area contributed by atoms with E-state index >= 15 is 0 Å². The molecule has 0 radical (unpaired) electrons. The fraction of sp³-hybridized carbons (Fsp3) is 0.875. The van der Waals surface area contributed by atoms with E-state index in [1.54, 1.807) is 0 Å². The van der Waals surface area contributed by atoms with Gasteiger partial charge in [0, 0.05) is 6.04 Å². The molecule has 4 N–H and O–H groups in total. The zero-order valence-corrected chi connectivity index (χ0v) is 13.4. The minimum absolute atomic E-state index is 0.129. The molecule has 22 heavy (non-hydrogen) atoms. The van der Waals surface area contributed by atoms with Gasteiger partial charge in [-0.3, -0.25) is 9.59 Å². The van der Waals surface area contributed by atoms with Crippen molar-refractivity contribution in [3.63, 3.8) is 0 Å². The Bertz CT molecular complexity index is 350. The van der Waals surface area contributed by atoms with Crippen molar-refractivity contribution in [1.82, 2.24) is 5.32 Å². The Labute approximate surface area is 131 Å². The van der Waals surface area contributed by atoms with Gasteiger partial charge in [0.1, 0.15) is 0 Å². The molecule has 0 aromatic carbocycles. The van der Waals surface area contributed by atoms with Crippen LogP contribution in [0.4, 0.5) is 0 Å². The van der Waals surface area contributed by atoms with E-state index < -0.39 is 17.4 Å². The molecule has 0 unspecified atom stereocenters. The highest BCUT2D eigenvalue weighted by Crippen LogP contribution is 2.25. The van der Waals surface area contributed by atoms with Crippen LogP contribution in [0.1, 0.15) is 64.7 Å². The Morgan fingerprint density at radius 1 is 1.00 bits per heavy atom. The number of carboxylic acids is 2. The van der Waals surface area contributed by atoms with Crippen LogP contribution in [-0.2, 0) is 9.59 Å². The van der Waals surface area contributed by atoms with Gasteiger partial charge in [-0.1, -0.05) is 19.3 Å². The van der Waals surface area contributed by atoms with Crippen LogP contribution in [0.2, 0.25) is 0 Å². The number of hydrogen-bond acceptors (Lipinski definition) is 4. The maximum atomic E-state index is 11.0. The van der Waals surface area contributed by atoms with Gasteiger partial charge in [-0.15, -0.1) is 0 Å². The molecule has 6 nitrogen and oxygen atoms in total. The fourth-order valence-corrected chi connectivity index (χ4v) is 2.85. The van der Waals surface area contributed by atoms with E-state index in [4.69, 9.17) is 10.2 Å². The number of aliphatic carboxylic acids is 2.